The molecule has 2 N–H and O–H groups in total. The summed E-state index contributed by atoms with van der Waals surface area (Å²) in [4.78, 5) is 7.41. The van der Waals surface area contributed by atoms with Gasteiger partial charge in [0.1, 0.15) is 0 Å². The highest BCUT2D eigenvalue weighted by Gasteiger charge is 2.20. The van der Waals surface area contributed by atoms with Crippen molar-refractivity contribution in [3.05, 3.63) is 72.4 Å². The molecule has 2 aromatic rings. The van der Waals surface area contributed by atoms with E-state index < -0.39 is 0 Å². The Morgan fingerprint density at radius 2 is 1.70 bits per heavy atom. The predicted octanol–water partition coefficient (Wildman–Crippen LogP) is 4.92. The average Bonchev–Trinajstić information content (AvgIpc) is 3.26. The van der Waals surface area contributed by atoms with Crippen molar-refractivity contribution in [1.82, 2.24) is 10.2 Å². The molecule has 0 saturated carbocycles. The molecule has 0 unspecified atom stereocenters. The topological polar surface area (TPSA) is 33.8 Å². The minimum Gasteiger partial charge on any atom is -0.386 e. The second kappa shape index (κ2) is 10.7. The summed E-state index contributed by atoms with van der Waals surface area (Å²) in [6, 6.07) is 15.3. The van der Waals surface area contributed by atoms with Crippen molar-refractivity contribution in [3.63, 3.8) is 0 Å². The van der Waals surface area contributed by atoms with E-state index in [0.29, 0.717) is 0 Å². The van der Waals surface area contributed by atoms with E-state index in [-0.39, 0.29) is 0 Å². The van der Waals surface area contributed by atoms with Gasteiger partial charge in [0.25, 0.3) is 0 Å². The quantitative estimate of drug-likeness (QED) is 0.535. The lowest BCUT2D eigenvalue weighted by Gasteiger charge is -2.38. The smallest absolute Gasteiger partial charge is 0.0603 e. The number of piperazine rings is 1. The number of nitrogens with zero attached hydrogens (tertiary/aromatic N) is 3. The predicted molar refractivity (Wildman–Crippen MR) is 143 cm³/mol. The Balaban J connectivity index is 1.31. The fourth-order valence-electron chi connectivity index (χ4n) is 4.98. The van der Waals surface area contributed by atoms with Crippen LogP contribution in [0.4, 0.5) is 17.1 Å². The number of allylic oxidation sites excluding steroid dienone is 1. The highest BCUT2D eigenvalue weighted by Crippen LogP contribution is 2.31. The van der Waals surface area contributed by atoms with Crippen LogP contribution in [0.1, 0.15) is 30.4 Å². The maximum Gasteiger partial charge on any atom is 0.0603 e. The maximum absolute atomic E-state index is 4.29. The van der Waals surface area contributed by atoms with E-state index in [1.54, 1.807) is 0 Å². The standard InChI is InChI=1S/C28H39N5/c1-22-9-5-6-11-27(22)32-17-19-33(20-18-32)28-13-12-25(21-26(28)29-4)24(3)30-14-8-16-31-15-7-10-23(31)2/h5-6,9,11-13,21,29-30H,2-3,7-8,10,14-20H2,1,4H3. The SMILES string of the molecule is C=C(NCCCN1CCCC1=C)c1ccc(N2CCN(c3ccccc3C)CC2)c(NC)c1. The van der Waals surface area contributed by atoms with E-state index in [1.807, 2.05) is 7.05 Å². The normalized spacial score (nSPS) is 16.3. The molecule has 2 aliphatic rings. The molecule has 0 aliphatic carbocycles. The van der Waals surface area contributed by atoms with Crippen molar-refractivity contribution in [1.29, 1.82) is 0 Å². The van der Waals surface area contributed by atoms with Gasteiger partial charge in [-0.1, -0.05) is 37.4 Å². The molecule has 2 saturated heterocycles. The molecular weight excluding hydrogens is 406 g/mol. The van der Waals surface area contributed by atoms with Gasteiger partial charge in [0.05, 0.1) is 11.4 Å². The van der Waals surface area contributed by atoms with Gasteiger partial charge in [0.15, 0.2) is 0 Å². The molecule has 2 heterocycles. The van der Waals surface area contributed by atoms with Crippen molar-refractivity contribution in [2.75, 3.05) is 68.0 Å². The summed E-state index contributed by atoms with van der Waals surface area (Å²) in [7, 11) is 2.01. The van der Waals surface area contributed by atoms with Crippen molar-refractivity contribution in [2.24, 2.45) is 0 Å². The third-order valence-corrected chi connectivity index (χ3v) is 6.97. The molecule has 176 valence electrons. The zero-order valence-corrected chi connectivity index (χ0v) is 20.4. The largest absolute Gasteiger partial charge is 0.386 e. The number of hydrogen-bond donors (Lipinski definition) is 2. The highest BCUT2D eigenvalue weighted by molar-refractivity contribution is 5.76. The van der Waals surface area contributed by atoms with Crippen LogP contribution in [0, 0.1) is 6.92 Å². The molecule has 0 amide bonds. The van der Waals surface area contributed by atoms with Crippen LogP contribution in [0.5, 0.6) is 0 Å². The monoisotopic (exact) mass is 445 g/mol. The third kappa shape index (κ3) is 5.47. The summed E-state index contributed by atoms with van der Waals surface area (Å²) < 4.78 is 0. The van der Waals surface area contributed by atoms with Crippen LogP contribution < -0.4 is 20.4 Å². The molecule has 5 nitrogen and oxygen atoms in total. The maximum atomic E-state index is 4.29. The van der Waals surface area contributed by atoms with E-state index in [9.17, 15) is 0 Å². The van der Waals surface area contributed by atoms with Crippen LogP contribution in [0.3, 0.4) is 0 Å². The number of anilines is 3. The van der Waals surface area contributed by atoms with Gasteiger partial charge in [0, 0.05) is 69.9 Å². The molecule has 5 heteroatoms. The molecule has 0 spiro atoms. The second-order valence-corrected chi connectivity index (χ2v) is 9.16. The van der Waals surface area contributed by atoms with E-state index in [4.69, 9.17) is 0 Å². The van der Waals surface area contributed by atoms with Gasteiger partial charge in [-0.05, 0) is 55.5 Å². The lowest BCUT2D eigenvalue weighted by atomic mass is 10.1. The molecule has 4 rings (SSSR count). The van der Waals surface area contributed by atoms with Crippen molar-refractivity contribution in [3.8, 4) is 0 Å². The molecule has 33 heavy (non-hydrogen) atoms. The summed E-state index contributed by atoms with van der Waals surface area (Å²) in [5.41, 5.74) is 8.57. The first kappa shape index (κ1) is 23.1. The van der Waals surface area contributed by atoms with Crippen molar-refractivity contribution < 1.29 is 0 Å². The van der Waals surface area contributed by atoms with E-state index >= 15 is 0 Å². The van der Waals surface area contributed by atoms with Gasteiger partial charge in [-0.25, -0.2) is 0 Å². The van der Waals surface area contributed by atoms with Crippen LogP contribution >= 0.6 is 0 Å². The Morgan fingerprint density at radius 1 is 0.970 bits per heavy atom. The number of aryl methyl sites for hydroxylation is 1. The Morgan fingerprint density at radius 3 is 2.36 bits per heavy atom. The number of benzene rings is 2. The van der Waals surface area contributed by atoms with Crippen molar-refractivity contribution >= 4 is 22.8 Å². The minimum atomic E-state index is 0.931. The molecule has 2 fully saturated rings. The lowest BCUT2D eigenvalue weighted by Crippen LogP contribution is -2.47. The van der Waals surface area contributed by atoms with Crippen LogP contribution in [-0.2, 0) is 0 Å². The molecule has 0 radical (unpaired) electrons. The van der Waals surface area contributed by atoms with Crippen LogP contribution in [0.2, 0.25) is 0 Å². The van der Waals surface area contributed by atoms with Gasteiger partial charge >= 0.3 is 0 Å². The first-order valence-electron chi connectivity index (χ1n) is 12.3. The van der Waals surface area contributed by atoms with Crippen molar-refractivity contribution in [2.45, 2.75) is 26.2 Å². The van der Waals surface area contributed by atoms with Gasteiger partial charge in [-0.2, -0.15) is 0 Å². The fraction of sp³-hybridized carbons (Fsp3) is 0.429. The fourth-order valence-corrected chi connectivity index (χ4v) is 4.98. The summed E-state index contributed by atoms with van der Waals surface area (Å²) in [5, 5.41) is 6.93. The summed E-state index contributed by atoms with van der Waals surface area (Å²) in [5.74, 6) is 0. The Hall–Kier alpha value is -3.08. The summed E-state index contributed by atoms with van der Waals surface area (Å²) in [6.45, 7) is 17.9. The Kier molecular flexibility index (Phi) is 7.48. The summed E-state index contributed by atoms with van der Waals surface area (Å²) in [6.07, 6.45) is 3.50. The average molecular weight is 446 g/mol. The third-order valence-electron chi connectivity index (χ3n) is 6.97. The Bertz CT molecular complexity index is 974. The van der Waals surface area contributed by atoms with Gasteiger partial charge in [0.2, 0.25) is 0 Å². The highest BCUT2D eigenvalue weighted by atomic mass is 15.3. The molecule has 2 aromatic carbocycles. The first-order valence-corrected chi connectivity index (χ1v) is 12.3. The van der Waals surface area contributed by atoms with Gasteiger partial charge in [-0.3, -0.25) is 0 Å². The molecule has 0 bridgehead atoms. The minimum absolute atomic E-state index is 0.931. The Labute approximate surface area is 199 Å². The molecule has 0 atom stereocenters. The van der Waals surface area contributed by atoms with Gasteiger partial charge in [-0.15, -0.1) is 0 Å². The number of hydrogen-bond acceptors (Lipinski definition) is 5. The van der Waals surface area contributed by atoms with Gasteiger partial charge < -0.3 is 25.3 Å². The van der Waals surface area contributed by atoms with Crippen LogP contribution in [0.25, 0.3) is 5.70 Å². The number of likely N-dealkylation sites (tertiary alicyclic amines) is 1. The lowest BCUT2D eigenvalue weighted by molar-refractivity contribution is 0.386. The number of nitrogens with one attached hydrogen (secondary N) is 2. The van der Waals surface area contributed by atoms with E-state index in [0.717, 1.165) is 75.6 Å². The molecule has 0 aromatic heterocycles. The molecule has 2 aliphatic heterocycles. The van der Waals surface area contributed by atoms with Crippen LogP contribution in [-0.4, -0.2) is 57.8 Å². The zero-order chi connectivity index (χ0) is 23.2. The number of para-hydroxylation sites is 1. The van der Waals surface area contributed by atoms with Crippen LogP contribution in [0.15, 0.2) is 61.3 Å². The summed E-state index contributed by atoms with van der Waals surface area (Å²) >= 11 is 0. The first-order chi connectivity index (χ1) is 16.1. The zero-order valence-electron chi connectivity index (χ0n) is 20.4. The number of rotatable bonds is 9. The molecular formula is C28H39N5. The van der Waals surface area contributed by atoms with E-state index in [1.165, 1.54) is 29.1 Å². The second-order valence-electron chi connectivity index (χ2n) is 9.16. The van der Waals surface area contributed by atoms with E-state index in [2.05, 4.69) is 87.9 Å².